The summed E-state index contributed by atoms with van der Waals surface area (Å²) in [5, 5.41) is 12.2. The number of carbonyl (C=O) groups excluding carboxylic acids is 1. The van der Waals surface area contributed by atoms with Crippen molar-refractivity contribution < 1.29 is 10.0 Å². The van der Waals surface area contributed by atoms with Crippen LogP contribution in [0.4, 0.5) is 5.82 Å². The number of aryl methyl sites for hydroxylation is 2. The van der Waals surface area contributed by atoms with Crippen LogP contribution in [0.25, 0.3) is 0 Å². The summed E-state index contributed by atoms with van der Waals surface area (Å²) in [6.45, 7) is 4.23. The highest BCUT2D eigenvalue weighted by Crippen LogP contribution is 2.49. The first-order valence-corrected chi connectivity index (χ1v) is 8.49. The van der Waals surface area contributed by atoms with Crippen LogP contribution in [0.2, 0.25) is 0 Å². The van der Waals surface area contributed by atoms with Crippen LogP contribution in [0, 0.1) is 17.4 Å². The number of hydroxylamine groups is 1. The highest BCUT2D eigenvalue weighted by atomic mass is 127. The van der Waals surface area contributed by atoms with Gasteiger partial charge in [0.2, 0.25) is 0 Å². The van der Waals surface area contributed by atoms with Crippen LogP contribution in [-0.2, 0) is 5.54 Å². The zero-order valence-electron chi connectivity index (χ0n) is 13.0. The molecule has 0 unspecified atom stereocenters. The summed E-state index contributed by atoms with van der Waals surface area (Å²) >= 11 is 2.15. The van der Waals surface area contributed by atoms with E-state index in [1.165, 1.54) is 22.9 Å². The summed E-state index contributed by atoms with van der Waals surface area (Å²) in [6, 6.07) is 8.23. The number of amides is 1. The molecule has 6 heteroatoms. The zero-order chi connectivity index (χ0) is 16.6. The molecule has 0 spiro atoms. The summed E-state index contributed by atoms with van der Waals surface area (Å²) in [7, 11) is 0. The van der Waals surface area contributed by atoms with Crippen LogP contribution < -0.4 is 10.8 Å². The molecule has 23 heavy (non-hydrogen) atoms. The Bertz CT molecular complexity index is 772. The molecule has 1 aromatic carbocycles. The maximum absolute atomic E-state index is 11.4. The number of hydrogen-bond acceptors (Lipinski definition) is 4. The Kier molecular flexibility index (Phi) is 4.29. The summed E-state index contributed by atoms with van der Waals surface area (Å²) in [5.74, 6) is 0.204. The maximum Gasteiger partial charge on any atom is 0.276 e. The van der Waals surface area contributed by atoms with Crippen LogP contribution >= 0.6 is 22.6 Å². The number of nitrogens with zero attached hydrogens (tertiary/aromatic N) is 1. The van der Waals surface area contributed by atoms with Crippen LogP contribution in [0.5, 0.6) is 0 Å². The van der Waals surface area contributed by atoms with E-state index in [9.17, 15) is 4.79 Å². The highest BCUT2D eigenvalue weighted by Gasteiger charge is 2.45. The van der Waals surface area contributed by atoms with E-state index in [1.54, 1.807) is 11.5 Å². The Morgan fingerprint density at radius 1 is 1.30 bits per heavy atom. The van der Waals surface area contributed by atoms with Crippen molar-refractivity contribution in [1.82, 2.24) is 10.5 Å². The highest BCUT2D eigenvalue weighted by molar-refractivity contribution is 14.1. The van der Waals surface area contributed by atoms with Gasteiger partial charge in [-0.2, -0.15) is 0 Å². The molecule has 1 amide bonds. The number of hydrogen-bond donors (Lipinski definition) is 3. The van der Waals surface area contributed by atoms with E-state index in [1.807, 2.05) is 0 Å². The van der Waals surface area contributed by atoms with Gasteiger partial charge in [-0.25, -0.2) is 10.5 Å². The molecule has 3 rings (SSSR count). The Morgan fingerprint density at radius 3 is 2.61 bits per heavy atom. The third-order valence-corrected chi connectivity index (χ3v) is 5.03. The second kappa shape index (κ2) is 6.09. The molecule has 0 saturated heterocycles. The van der Waals surface area contributed by atoms with Crippen molar-refractivity contribution in [3.8, 4) is 0 Å². The molecule has 1 saturated carbocycles. The topological polar surface area (TPSA) is 74.2 Å². The molecule has 0 radical (unpaired) electrons. The van der Waals surface area contributed by atoms with E-state index in [2.05, 4.69) is 64.9 Å². The Balaban J connectivity index is 1.88. The Hall–Kier alpha value is -1.67. The second-order valence-corrected chi connectivity index (χ2v) is 7.18. The van der Waals surface area contributed by atoms with Crippen molar-refractivity contribution in [1.29, 1.82) is 0 Å². The summed E-state index contributed by atoms with van der Waals surface area (Å²) in [4.78, 5) is 15.8. The fraction of sp³-hybridized carbons (Fsp3) is 0.294. The number of nitrogens with one attached hydrogen (secondary N) is 2. The first-order chi connectivity index (χ1) is 10.9. The molecule has 2 aromatic rings. The Morgan fingerprint density at radius 2 is 2.04 bits per heavy atom. The molecule has 0 bridgehead atoms. The molecule has 1 heterocycles. The lowest BCUT2D eigenvalue weighted by Crippen LogP contribution is -2.23. The smallest absolute Gasteiger partial charge is 0.276 e. The molecule has 1 fully saturated rings. The van der Waals surface area contributed by atoms with Gasteiger partial charge in [0.15, 0.2) is 0 Å². The largest absolute Gasteiger partial charge is 0.360 e. The third kappa shape index (κ3) is 3.18. The fourth-order valence-corrected chi connectivity index (χ4v) is 3.49. The van der Waals surface area contributed by atoms with Gasteiger partial charge in [-0.15, -0.1) is 0 Å². The molecule has 5 nitrogen and oxygen atoms in total. The van der Waals surface area contributed by atoms with E-state index in [0.29, 0.717) is 5.56 Å². The van der Waals surface area contributed by atoms with Crippen molar-refractivity contribution in [2.45, 2.75) is 32.2 Å². The van der Waals surface area contributed by atoms with Gasteiger partial charge in [-0.3, -0.25) is 10.0 Å². The average molecular weight is 423 g/mol. The minimum atomic E-state index is -0.558. The van der Waals surface area contributed by atoms with Gasteiger partial charge < -0.3 is 5.32 Å². The van der Waals surface area contributed by atoms with Crippen molar-refractivity contribution in [3.05, 3.63) is 56.3 Å². The SMILES string of the molecule is Cc1ccc(C2(Nc3ncc(C(=O)NO)cc3I)CC2)c(C)c1. The lowest BCUT2D eigenvalue weighted by atomic mass is 9.97. The number of anilines is 1. The molecule has 0 atom stereocenters. The summed E-state index contributed by atoms with van der Waals surface area (Å²) < 4.78 is 0.847. The molecule has 1 aliphatic carbocycles. The quantitative estimate of drug-likeness (QED) is 0.400. The van der Waals surface area contributed by atoms with Crippen molar-refractivity contribution >= 4 is 34.3 Å². The lowest BCUT2D eigenvalue weighted by molar-refractivity contribution is 0.0706. The number of aromatic nitrogens is 1. The number of pyridine rings is 1. The van der Waals surface area contributed by atoms with Crippen LogP contribution in [-0.4, -0.2) is 16.1 Å². The van der Waals surface area contributed by atoms with E-state index in [-0.39, 0.29) is 5.54 Å². The number of carbonyl (C=O) groups is 1. The molecule has 1 aliphatic rings. The molecular formula is C17H18IN3O2. The van der Waals surface area contributed by atoms with E-state index < -0.39 is 5.91 Å². The van der Waals surface area contributed by atoms with Gasteiger partial charge in [0.05, 0.1) is 14.7 Å². The number of rotatable bonds is 4. The summed E-state index contributed by atoms with van der Waals surface area (Å²) in [6.07, 6.45) is 3.59. The van der Waals surface area contributed by atoms with E-state index >= 15 is 0 Å². The first kappa shape index (κ1) is 16.2. The van der Waals surface area contributed by atoms with Crippen LogP contribution in [0.1, 0.15) is 39.9 Å². The van der Waals surface area contributed by atoms with Gasteiger partial charge in [-0.05, 0) is 66.5 Å². The minimum Gasteiger partial charge on any atom is -0.360 e. The number of halogens is 1. The van der Waals surface area contributed by atoms with Gasteiger partial charge in [0, 0.05) is 6.20 Å². The number of benzene rings is 1. The molecule has 120 valence electrons. The fourth-order valence-electron chi connectivity index (χ4n) is 2.88. The van der Waals surface area contributed by atoms with Crippen molar-refractivity contribution in [3.63, 3.8) is 0 Å². The minimum absolute atomic E-state index is 0.0640. The molecule has 1 aromatic heterocycles. The second-order valence-electron chi connectivity index (χ2n) is 6.02. The van der Waals surface area contributed by atoms with Crippen LogP contribution in [0.3, 0.4) is 0 Å². The van der Waals surface area contributed by atoms with E-state index in [4.69, 9.17) is 5.21 Å². The zero-order valence-corrected chi connectivity index (χ0v) is 15.1. The van der Waals surface area contributed by atoms with Gasteiger partial charge in [0.25, 0.3) is 5.91 Å². The Labute approximate surface area is 148 Å². The first-order valence-electron chi connectivity index (χ1n) is 7.41. The monoisotopic (exact) mass is 423 g/mol. The lowest BCUT2D eigenvalue weighted by Gasteiger charge is -2.22. The summed E-state index contributed by atoms with van der Waals surface area (Å²) in [5.41, 5.74) is 5.73. The molecule has 3 N–H and O–H groups in total. The van der Waals surface area contributed by atoms with Crippen molar-refractivity contribution in [2.24, 2.45) is 0 Å². The standard InChI is InChI=1S/C17H18IN3O2/c1-10-3-4-13(11(2)7-10)17(5-6-17)20-15-14(18)8-12(9-19-15)16(22)21-23/h3-4,7-9,23H,5-6H2,1-2H3,(H,19,20)(H,21,22). The van der Waals surface area contributed by atoms with E-state index in [0.717, 1.165) is 22.2 Å². The average Bonchev–Trinajstić information content (AvgIpc) is 3.29. The predicted octanol–water partition coefficient (Wildman–Crippen LogP) is 3.52. The molecule has 0 aliphatic heterocycles. The predicted molar refractivity (Wildman–Crippen MR) is 96.7 cm³/mol. The maximum atomic E-state index is 11.4. The van der Waals surface area contributed by atoms with Gasteiger partial charge in [0.1, 0.15) is 5.82 Å². The van der Waals surface area contributed by atoms with Crippen LogP contribution in [0.15, 0.2) is 30.5 Å². The normalized spacial score (nSPS) is 15.1. The molecular weight excluding hydrogens is 405 g/mol. The van der Waals surface area contributed by atoms with Gasteiger partial charge >= 0.3 is 0 Å². The van der Waals surface area contributed by atoms with Crippen molar-refractivity contribution in [2.75, 3.05) is 5.32 Å². The third-order valence-electron chi connectivity index (χ3n) is 4.21. The van der Waals surface area contributed by atoms with Gasteiger partial charge in [-0.1, -0.05) is 23.8 Å².